The first-order valence-corrected chi connectivity index (χ1v) is 7.27. The zero-order valence-corrected chi connectivity index (χ0v) is 12.2. The lowest BCUT2D eigenvalue weighted by Crippen LogP contribution is -2.27. The summed E-state index contributed by atoms with van der Waals surface area (Å²) in [7, 11) is 2.10. The first kappa shape index (κ1) is 14.2. The Morgan fingerprint density at radius 1 is 1.47 bits per heavy atom. The quantitative estimate of drug-likeness (QED) is 0.853. The highest BCUT2D eigenvalue weighted by atomic mass is 79.9. The second-order valence-corrected chi connectivity index (χ2v) is 6.18. The van der Waals surface area contributed by atoms with E-state index in [9.17, 15) is 9.00 Å². The van der Waals surface area contributed by atoms with Gasteiger partial charge in [-0.2, -0.15) is 0 Å². The Morgan fingerprint density at radius 2 is 2.12 bits per heavy atom. The fraction of sp³-hybridized carbons (Fsp3) is 0.364. The van der Waals surface area contributed by atoms with Crippen LogP contribution in [0, 0.1) is 0 Å². The van der Waals surface area contributed by atoms with Crippen LogP contribution in [-0.4, -0.2) is 34.9 Å². The van der Waals surface area contributed by atoms with Gasteiger partial charge in [-0.25, -0.2) is 0 Å². The second-order valence-electron chi connectivity index (χ2n) is 3.87. The van der Waals surface area contributed by atoms with E-state index in [1.165, 1.54) is 4.90 Å². The average molecular weight is 319 g/mol. The minimum atomic E-state index is -1.20. The van der Waals surface area contributed by atoms with E-state index in [2.05, 4.69) is 15.9 Å². The van der Waals surface area contributed by atoms with Gasteiger partial charge in [0.25, 0.3) is 0 Å². The van der Waals surface area contributed by atoms with Crippen molar-refractivity contribution < 1.29 is 9.00 Å². The van der Waals surface area contributed by atoms with Crippen molar-refractivity contribution in [3.8, 4) is 0 Å². The number of benzene rings is 1. The number of carbonyl (C=O) groups excluding carboxylic acids is 1. The van der Waals surface area contributed by atoms with Gasteiger partial charge in [0.1, 0.15) is 5.75 Å². The number of nitrogens with two attached hydrogens (primary N) is 1. The molecular weight excluding hydrogens is 304 g/mol. The number of nitrogens with zero attached hydrogens (tertiary/aromatic N) is 1. The Labute approximate surface area is 112 Å². The monoisotopic (exact) mass is 318 g/mol. The van der Waals surface area contributed by atoms with Crippen LogP contribution in [0.25, 0.3) is 0 Å². The molecule has 0 aliphatic carbocycles. The number of hydrogen-bond acceptors (Lipinski definition) is 3. The maximum Gasteiger partial charge on any atom is 0.234 e. The van der Waals surface area contributed by atoms with Gasteiger partial charge in [-0.15, -0.1) is 0 Å². The standard InChI is InChI=1S/C11H15BrN2O2S/c1-14(2)11(15)7-17(16)6-8-3-4-9(12)10(13)5-8/h3-5H,6-7,13H2,1-2H3. The highest BCUT2D eigenvalue weighted by molar-refractivity contribution is 9.10. The molecule has 1 aromatic carbocycles. The summed E-state index contributed by atoms with van der Waals surface area (Å²) in [5.74, 6) is 0.258. The number of nitrogen functional groups attached to an aromatic ring is 1. The summed E-state index contributed by atoms with van der Waals surface area (Å²) < 4.78 is 12.6. The van der Waals surface area contributed by atoms with Crippen LogP contribution >= 0.6 is 15.9 Å². The summed E-state index contributed by atoms with van der Waals surface area (Å²) in [6, 6.07) is 5.43. The summed E-state index contributed by atoms with van der Waals surface area (Å²) in [4.78, 5) is 12.8. The van der Waals surface area contributed by atoms with Gasteiger partial charge in [-0.1, -0.05) is 6.07 Å². The van der Waals surface area contributed by atoms with Crippen molar-refractivity contribution in [2.45, 2.75) is 5.75 Å². The minimum absolute atomic E-state index is 0.0446. The molecule has 0 aliphatic heterocycles. The van der Waals surface area contributed by atoms with Gasteiger partial charge in [0.15, 0.2) is 0 Å². The van der Waals surface area contributed by atoms with Crippen molar-refractivity contribution in [1.82, 2.24) is 4.90 Å². The lowest BCUT2D eigenvalue weighted by molar-refractivity contribution is -0.125. The molecule has 1 aromatic rings. The van der Waals surface area contributed by atoms with Crippen LogP contribution < -0.4 is 5.73 Å². The molecule has 1 rings (SSSR count). The van der Waals surface area contributed by atoms with Crippen LogP contribution in [0.1, 0.15) is 5.56 Å². The molecule has 0 spiro atoms. The first-order chi connectivity index (χ1) is 7.90. The Balaban J connectivity index is 2.62. The molecule has 2 N–H and O–H groups in total. The van der Waals surface area contributed by atoms with Crippen LogP contribution in [0.3, 0.4) is 0 Å². The molecular formula is C11H15BrN2O2S. The largest absolute Gasteiger partial charge is 0.398 e. The average Bonchev–Trinajstić information content (AvgIpc) is 2.23. The van der Waals surface area contributed by atoms with E-state index in [0.29, 0.717) is 11.4 Å². The van der Waals surface area contributed by atoms with Gasteiger partial charge in [0.2, 0.25) is 5.91 Å². The van der Waals surface area contributed by atoms with Crippen molar-refractivity contribution in [3.63, 3.8) is 0 Å². The molecule has 0 heterocycles. The van der Waals surface area contributed by atoms with E-state index in [1.54, 1.807) is 20.2 Å². The molecule has 6 heteroatoms. The molecule has 94 valence electrons. The number of anilines is 1. The summed E-state index contributed by atoms with van der Waals surface area (Å²) in [5, 5.41) is 0. The van der Waals surface area contributed by atoms with Crippen molar-refractivity contribution in [1.29, 1.82) is 0 Å². The number of hydrogen-bond donors (Lipinski definition) is 1. The fourth-order valence-electron chi connectivity index (χ4n) is 1.19. The molecule has 0 fully saturated rings. The Bertz CT molecular complexity index is 449. The Hall–Kier alpha value is -0.880. The summed E-state index contributed by atoms with van der Waals surface area (Å²) in [5.41, 5.74) is 7.21. The maximum absolute atomic E-state index is 11.7. The van der Waals surface area contributed by atoms with Gasteiger partial charge in [0.05, 0.1) is 0 Å². The van der Waals surface area contributed by atoms with Crippen LogP contribution in [0.2, 0.25) is 0 Å². The Kier molecular flexibility index (Phi) is 5.14. The van der Waals surface area contributed by atoms with Crippen LogP contribution in [0.15, 0.2) is 22.7 Å². The van der Waals surface area contributed by atoms with E-state index in [1.807, 2.05) is 12.1 Å². The molecule has 1 atom stereocenters. The third-order valence-electron chi connectivity index (χ3n) is 2.17. The SMILES string of the molecule is CN(C)C(=O)CS(=O)Cc1ccc(Br)c(N)c1. The molecule has 1 amide bonds. The second kappa shape index (κ2) is 6.16. The minimum Gasteiger partial charge on any atom is -0.398 e. The lowest BCUT2D eigenvalue weighted by Gasteiger charge is -2.10. The van der Waals surface area contributed by atoms with Gasteiger partial charge < -0.3 is 10.6 Å². The van der Waals surface area contributed by atoms with E-state index in [0.717, 1.165) is 10.0 Å². The third kappa shape index (κ3) is 4.47. The van der Waals surface area contributed by atoms with E-state index in [-0.39, 0.29) is 11.7 Å². The highest BCUT2D eigenvalue weighted by Gasteiger charge is 2.10. The lowest BCUT2D eigenvalue weighted by atomic mass is 10.2. The topological polar surface area (TPSA) is 63.4 Å². The number of halogens is 1. The van der Waals surface area contributed by atoms with Crippen LogP contribution in [0.5, 0.6) is 0 Å². The van der Waals surface area contributed by atoms with Crippen LogP contribution in [-0.2, 0) is 21.3 Å². The smallest absolute Gasteiger partial charge is 0.234 e. The third-order valence-corrected chi connectivity index (χ3v) is 4.12. The molecule has 0 aliphatic rings. The number of amides is 1. The number of carbonyl (C=O) groups is 1. The zero-order valence-electron chi connectivity index (χ0n) is 9.77. The van der Waals surface area contributed by atoms with Crippen LogP contribution in [0.4, 0.5) is 5.69 Å². The van der Waals surface area contributed by atoms with Gasteiger partial charge in [-0.3, -0.25) is 9.00 Å². The molecule has 0 saturated heterocycles. The predicted molar refractivity (Wildman–Crippen MR) is 74.0 cm³/mol. The van der Waals surface area contributed by atoms with Gasteiger partial charge in [-0.05, 0) is 33.6 Å². The van der Waals surface area contributed by atoms with Crippen molar-refractivity contribution in [2.24, 2.45) is 0 Å². The summed E-state index contributed by atoms with van der Waals surface area (Å²) in [6.07, 6.45) is 0. The molecule has 0 bridgehead atoms. The molecule has 0 radical (unpaired) electrons. The summed E-state index contributed by atoms with van der Waals surface area (Å²) in [6.45, 7) is 0. The predicted octanol–water partition coefficient (Wildman–Crippen LogP) is 1.37. The normalized spacial score (nSPS) is 12.2. The van der Waals surface area contributed by atoms with E-state index >= 15 is 0 Å². The van der Waals surface area contributed by atoms with Crippen molar-refractivity contribution in [3.05, 3.63) is 28.2 Å². The highest BCUT2D eigenvalue weighted by Crippen LogP contribution is 2.20. The molecule has 4 nitrogen and oxygen atoms in total. The summed E-state index contributed by atoms with van der Waals surface area (Å²) >= 11 is 3.29. The van der Waals surface area contributed by atoms with E-state index in [4.69, 9.17) is 5.73 Å². The van der Waals surface area contributed by atoms with Crippen molar-refractivity contribution in [2.75, 3.05) is 25.6 Å². The van der Waals surface area contributed by atoms with Gasteiger partial charge >= 0.3 is 0 Å². The zero-order chi connectivity index (χ0) is 13.0. The Morgan fingerprint density at radius 3 is 2.65 bits per heavy atom. The molecule has 17 heavy (non-hydrogen) atoms. The molecule has 0 saturated carbocycles. The molecule has 0 aromatic heterocycles. The number of rotatable bonds is 4. The van der Waals surface area contributed by atoms with Crippen molar-refractivity contribution >= 4 is 38.3 Å². The van der Waals surface area contributed by atoms with Gasteiger partial charge in [0, 0.05) is 40.8 Å². The maximum atomic E-state index is 11.7. The molecule has 1 unspecified atom stereocenters. The first-order valence-electron chi connectivity index (χ1n) is 4.99. The van der Waals surface area contributed by atoms with E-state index < -0.39 is 10.8 Å². The fourth-order valence-corrected chi connectivity index (χ4v) is 2.62.